The number of thiocarbonyl (C=S) groups is 1. The zero-order valence-electron chi connectivity index (χ0n) is 6.32. The average molecular weight is 223 g/mol. The Hall–Kier alpha value is -0.190. The molecule has 5 heteroatoms. The zero-order valence-corrected chi connectivity index (χ0v) is 8.71. The van der Waals surface area contributed by atoms with E-state index in [4.69, 9.17) is 22.9 Å². The van der Waals surface area contributed by atoms with Crippen LogP contribution < -0.4 is 0 Å². The van der Waals surface area contributed by atoms with Gasteiger partial charge in [0.1, 0.15) is 0 Å². The summed E-state index contributed by atoms with van der Waals surface area (Å²) in [5.41, 5.74) is 0. The van der Waals surface area contributed by atoms with Crippen LogP contribution in [-0.4, -0.2) is 13.3 Å². The minimum absolute atomic E-state index is 0.0338. The van der Waals surface area contributed by atoms with Gasteiger partial charge in [-0.15, -0.1) is 0 Å². The van der Waals surface area contributed by atoms with E-state index < -0.39 is 9.05 Å². The van der Waals surface area contributed by atoms with Crippen molar-refractivity contribution in [3.05, 3.63) is 23.1 Å². The maximum Gasteiger partial charge on any atom is 0.262 e. The highest BCUT2D eigenvalue weighted by molar-refractivity contribution is 8.18. The van der Waals surface area contributed by atoms with Crippen LogP contribution in [0.25, 0.3) is 0 Å². The fourth-order valence-electron chi connectivity index (χ4n) is 0.905. The predicted molar refractivity (Wildman–Crippen MR) is 53.8 cm³/mol. The second kappa shape index (κ2) is 3.28. The third-order valence-corrected chi connectivity index (χ3v) is 3.67. The summed E-state index contributed by atoms with van der Waals surface area (Å²) < 4.78 is 21.8. The molecule has 1 atom stereocenters. The number of hydrogen-bond donors (Lipinski definition) is 0. The summed E-state index contributed by atoms with van der Waals surface area (Å²) in [7, 11) is 1.49. The Morgan fingerprint density at radius 1 is 1.58 bits per heavy atom. The van der Waals surface area contributed by atoms with Crippen molar-refractivity contribution in [2.24, 2.45) is 5.92 Å². The highest BCUT2D eigenvalue weighted by Crippen LogP contribution is 2.23. The van der Waals surface area contributed by atoms with E-state index in [1.165, 1.54) is 6.08 Å². The minimum atomic E-state index is -3.67. The van der Waals surface area contributed by atoms with Gasteiger partial charge in [0.15, 0.2) is 0 Å². The number of rotatable bonds is 1. The molecule has 0 aromatic heterocycles. The lowest BCUT2D eigenvalue weighted by atomic mass is 10.0. The molecule has 0 aliphatic heterocycles. The molecule has 0 bridgehead atoms. The van der Waals surface area contributed by atoms with Crippen molar-refractivity contribution >= 4 is 36.8 Å². The van der Waals surface area contributed by atoms with Gasteiger partial charge in [-0.3, -0.25) is 0 Å². The summed E-state index contributed by atoms with van der Waals surface area (Å²) in [6.45, 7) is 1.83. The molecule has 0 spiro atoms. The van der Waals surface area contributed by atoms with Crippen molar-refractivity contribution in [1.82, 2.24) is 0 Å². The lowest BCUT2D eigenvalue weighted by Crippen LogP contribution is -2.15. The molecule has 66 valence electrons. The summed E-state index contributed by atoms with van der Waals surface area (Å²) in [6, 6.07) is 0. The molecule has 0 saturated heterocycles. The summed E-state index contributed by atoms with van der Waals surface area (Å²) in [5.74, 6) is -0.0338. The Morgan fingerprint density at radius 2 is 2.17 bits per heavy atom. The molecule has 0 aromatic rings. The van der Waals surface area contributed by atoms with Crippen LogP contribution >= 0.6 is 22.9 Å². The van der Waals surface area contributed by atoms with Gasteiger partial charge in [0.25, 0.3) is 9.05 Å². The molecule has 0 N–H and O–H groups in total. The van der Waals surface area contributed by atoms with Gasteiger partial charge < -0.3 is 0 Å². The maximum atomic E-state index is 10.9. The van der Waals surface area contributed by atoms with Crippen LogP contribution in [-0.2, 0) is 9.05 Å². The Morgan fingerprint density at radius 3 is 2.58 bits per heavy atom. The van der Waals surface area contributed by atoms with E-state index in [1.807, 2.05) is 13.0 Å². The van der Waals surface area contributed by atoms with E-state index in [2.05, 4.69) is 0 Å². The molecule has 1 rings (SSSR count). The molecule has 0 radical (unpaired) electrons. The molecule has 0 amide bonds. The first-order valence-corrected chi connectivity index (χ1v) is 6.02. The Balaban J connectivity index is 3.16. The van der Waals surface area contributed by atoms with Crippen molar-refractivity contribution in [3.63, 3.8) is 0 Å². The van der Waals surface area contributed by atoms with Gasteiger partial charge in [0, 0.05) is 21.5 Å². The number of hydrogen-bond acceptors (Lipinski definition) is 3. The molecule has 0 fully saturated rings. The quantitative estimate of drug-likeness (QED) is 0.503. The minimum Gasteiger partial charge on any atom is -0.207 e. The standard InChI is InChI=1S/C7H7ClO2S2/c1-5-3-2-4-6(7(5)11)12(8,9)10/h2-5H,1H3. The first kappa shape index (κ1) is 9.89. The Kier molecular flexibility index (Phi) is 2.70. The lowest BCUT2D eigenvalue weighted by Gasteiger charge is -2.12. The first-order valence-electron chi connectivity index (χ1n) is 3.30. The first-order chi connectivity index (χ1) is 5.43. The van der Waals surface area contributed by atoms with Gasteiger partial charge in [-0.05, 0) is 6.08 Å². The highest BCUT2D eigenvalue weighted by Gasteiger charge is 2.23. The van der Waals surface area contributed by atoms with Crippen LogP contribution in [0.15, 0.2) is 23.1 Å². The van der Waals surface area contributed by atoms with E-state index in [0.29, 0.717) is 4.86 Å². The normalized spacial score (nSPS) is 24.0. The Bertz CT molecular complexity index is 365. The maximum absolute atomic E-state index is 10.9. The Labute approximate surface area is 81.3 Å². The summed E-state index contributed by atoms with van der Waals surface area (Å²) in [6.07, 6.45) is 4.90. The van der Waals surface area contributed by atoms with E-state index in [9.17, 15) is 8.42 Å². The third kappa shape index (κ3) is 1.94. The monoisotopic (exact) mass is 222 g/mol. The van der Waals surface area contributed by atoms with Crippen LogP contribution in [0.1, 0.15) is 6.92 Å². The molecule has 2 nitrogen and oxygen atoms in total. The largest absolute Gasteiger partial charge is 0.262 e. The highest BCUT2D eigenvalue weighted by atomic mass is 35.7. The van der Waals surface area contributed by atoms with Crippen molar-refractivity contribution in [2.75, 3.05) is 0 Å². The van der Waals surface area contributed by atoms with Crippen LogP contribution in [0.5, 0.6) is 0 Å². The van der Waals surface area contributed by atoms with Gasteiger partial charge in [0.2, 0.25) is 0 Å². The summed E-state index contributed by atoms with van der Waals surface area (Å²) in [5, 5.41) is 0. The zero-order chi connectivity index (χ0) is 9.35. The molecular formula is C7H7ClO2S2. The molecular weight excluding hydrogens is 216 g/mol. The van der Waals surface area contributed by atoms with E-state index in [1.54, 1.807) is 6.08 Å². The van der Waals surface area contributed by atoms with Gasteiger partial charge in [-0.2, -0.15) is 0 Å². The third-order valence-electron chi connectivity index (χ3n) is 1.57. The summed E-state index contributed by atoms with van der Waals surface area (Å²) >= 11 is 4.91. The molecule has 12 heavy (non-hydrogen) atoms. The van der Waals surface area contributed by atoms with E-state index >= 15 is 0 Å². The molecule has 0 saturated carbocycles. The van der Waals surface area contributed by atoms with Crippen molar-refractivity contribution in [2.45, 2.75) is 6.92 Å². The van der Waals surface area contributed by atoms with Crippen molar-refractivity contribution in [1.29, 1.82) is 0 Å². The SMILES string of the molecule is CC1C=CC=C(S(=O)(=O)Cl)C1=S. The van der Waals surface area contributed by atoms with Crippen LogP contribution in [0.3, 0.4) is 0 Å². The molecule has 1 aliphatic carbocycles. The fraction of sp³-hybridized carbons (Fsp3) is 0.286. The van der Waals surface area contributed by atoms with Gasteiger partial charge in [-0.25, -0.2) is 8.42 Å². The average Bonchev–Trinajstić information content (AvgIpc) is 1.92. The molecule has 1 aliphatic rings. The second-order valence-corrected chi connectivity index (χ2v) is 5.48. The van der Waals surface area contributed by atoms with Crippen LogP contribution in [0.2, 0.25) is 0 Å². The lowest BCUT2D eigenvalue weighted by molar-refractivity contribution is 0.616. The number of halogens is 1. The van der Waals surface area contributed by atoms with Crippen LogP contribution in [0.4, 0.5) is 0 Å². The van der Waals surface area contributed by atoms with Gasteiger partial charge in [0.05, 0.1) is 4.91 Å². The molecule has 1 unspecified atom stereocenters. The topological polar surface area (TPSA) is 34.1 Å². The fourth-order valence-corrected chi connectivity index (χ4v) is 2.59. The van der Waals surface area contributed by atoms with E-state index in [0.717, 1.165) is 0 Å². The smallest absolute Gasteiger partial charge is 0.207 e. The van der Waals surface area contributed by atoms with Crippen molar-refractivity contribution in [3.8, 4) is 0 Å². The van der Waals surface area contributed by atoms with E-state index in [-0.39, 0.29) is 10.8 Å². The van der Waals surface area contributed by atoms with Crippen molar-refractivity contribution < 1.29 is 8.42 Å². The molecule has 0 heterocycles. The molecule has 0 aromatic carbocycles. The van der Waals surface area contributed by atoms with Gasteiger partial charge >= 0.3 is 0 Å². The van der Waals surface area contributed by atoms with Gasteiger partial charge in [-0.1, -0.05) is 31.3 Å². The number of allylic oxidation sites excluding steroid dienone is 4. The summed E-state index contributed by atoms with van der Waals surface area (Å²) in [4.78, 5) is 0.432. The van der Waals surface area contributed by atoms with Crippen LogP contribution in [0, 0.1) is 5.92 Å². The predicted octanol–water partition coefficient (Wildman–Crippen LogP) is 2.01. The second-order valence-electron chi connectivity index (χ2n) is 2.51.